The number of aliphatic hydroxyl groups excluding tert-OH is 5. The van der Waals surface area contributed by atoms with E-state index >= 15 is 0 Å². The Morgan fingerprint density at radius 1 is 1.13 bits per heavy atom. The van der Waals surface area contributed by atoms with Gasteiger partial charge in [0.2, 0.25) is 0 Å². The van der Waals surface area contributed by atoms with Gasteiger partial charge in [-0.2, -0.15) is 0 Å². The van der Waals surface area contributed by atoms with Crippen LogP contribution in [0.2, 0.25) is 0 Å². The third kappa shape index (κ3) is 4.95. The molecular formula is C16H25NO6. The van der Waals surface area contributed by atoms with Crippen LogP contribution in [-0.2, 0) is 11.3 Å². The Morgan fingerprint density at radius 2 is 1.83 bits per heavy atom. The summed E-state index contributed by atoms with van der Waals surface area (Å²) < 4.78 is 5.45. The molecular weight excluding hydrogens is 302 g/mol. The lowest BCUT2D eigenvalue weighted by molar-refractivity contribution is -0.152. The molecule has 1 aromatic carbocycles. The normalized spacial score (nSPS) is 30.3. The second-order valence-electron chi connectivity index (χ2n) is 5.91. The first-order valence-corrected chi connectivity index (χ1v) is 7.71. The van der Waals surface area contributed by atoms with Gasteiger partial charge < -0.3 is 30.3 Å². The van der Waals surface area contributed by atoms with E-state index < -0.39 is 30.5 Å². The Bertz CT molecular complexity index is 459. The fourth-order valence-electron chi connectivity index (χ4n) is 2.80. The van der Waals surface area contributed by atoms with Crippen LogP contribution < -0.4 is 0 Å². The molecule has 1 unspecified atom stereocenters. The van der Waals surface area contributed by atoms with Gasteiger partial charge in [0, 0.05) is 13.1 Å². The van der Waals surface area contributed by atoms with E-state index in [1.165, 1.54) is 0 Å². The molecule has 0 radical (unpaired) electrons. The van der Waals surface area contributed by atoms with E-state index in [0.29, 0.717) is 6.61 Å². The van der Waals surface area contributed by atoms with Crippen LogP contribution in [0.1, 0.15) is 5.56 Å². The van der Waals surface area contributed by atoms with Crippen molar-refractivity contribution in [1.29, 1.82) is 0 Å². The van der Waals surface area contributed by atoms with Crippen molar-refractivity contribution in [2.45, 2.75) is 37.1 Å². The maximum absolute atomic E-state index is 10.1. The summed E-state index contributed by atoms with van der Waals surface area (Å²) in [5.74, 6) is 0. The molecule has 1 aliphatic rings. The van der Waals surface area contributed by atoms with Crippen LogP contribution in [0.15, 0.2) is 30.3 Å². The molecule has 0 aromatic heterocycles. The van der Waals surface area contributed by atoms with Crippen LogP contribution in [0.25, 0.3) is 0 Å². The predicted molar refractivity (Wildman–Crippen MR) is 82.6 cm³/mol. The summed E-state index contributed by atoms with van der Waals surface area (Å²) >= 11 is 0. The van der Waals surface area contributed by atoms with Crippen molar-refractivity contribution in [2.75, 3.05) is 26.3 Å². The number of likely N-dealkylation sites (tertiary alicyclic amines) is 1. The quantitative estimate of drug-likeness (QED) is 0.407. The van der Waals surface area contributed by atoms with Gasteiger partial charge in [-0.1, -0.05) is 30.3 Å². The van der Waals surface area contributed by atoms with Crippen LogP contribution in [0.4, 0.5) is 0 Å². The highest BCUT2D eigenvalue weighted by atomic mass is 16.5. The number of ether oxygens (including phenoxy) is 1. The van der Waals surface area contributed by atoms with Crippen molar-refractivity contribution in [3.05, 3.63) is 35.9 Å². The van der Waals surface area contributed by atoms with E-state index in [1.54, 1.807) is 4.90 Å². The Morgan fingerprint density at radius 3 is 2.48 bits per heavy atom. The summed E-state index contributed by atoms with van der Waals surface area (Å²) in [7, 11) is 0. The minimum absolute atomic E-state index is 0.0686. The maximum atomic E-state index is 10.1. The Hall–Kier alpha value is -1.06. The molecule has 1 aromatic rings. The van der Waals surface area contributed by atoms with E-state index in [4.69, 9.17) is 4.74 Å². The highest BCUT2D eigenvalue weighted by molar-refractivity contribution is 5.13. The third-order valence-electron chi connectivity index (χ3n) is 4.08. The molecule has 0 spiro atoms. The van der Waals surface area contributed by atoms with Crippen LogP contribution in [0, 0.1) is 0 Å². The standard InChI is InChI=1S/C16H25NO6/c18-8-13-15(21)16(22)14(20)7-17(13)6-12(19)10-23-9-11-4-2-1-3-5-11/h1-5,12-16,18-22H,6-10H2/t12?,13-,14+,15-,16-/m1/s1. The molecule has 1 saturated heterocycles. The molecule has 1 fully saturated rings. The van der Waals surface area contributed by atoms with E-state index in [-0.39, 0.29) is 26.3 Å². The first-order valence-electron chi connectivity index (χ1n) is 7.71. The van der Waals surface area contributed by atoms with Crippen LogP contribution in [0.3, 0.4) is 0 Å². The summed E-state index contributed by atoms with van der Waals surface area (Å²) in [5, 5.41) is 48.7. The Kier molecular flexibility index (Phi) is 6.91. The topological polar surface area (TPSA) is 114 Å². The second kappa shape index (κ2) is 8.70. The number of aliphatic hydroxyl groups is 5. The monoisotopic (exact) mass is 327 g/mol. The van der Waals surface area contributed by atoms with Gasteiger partial charge in [0.1, 0.15) is 12.2 Å². The first-order chi connectivity index (χ1) is 11.0. The van der Waals surface area contributed by atoms with E-state index in [0.717, 1.165) is 5.56 Å². The number of piperidine rings is 1. The number of nitrogens with zero attached hydrogens (tertiary/aromatic N) is 1. The number of hydrogen-bond donors (Lipinski definition) is 5. The molecule has 5 atom stereocenters. The molecule has 0 aliphatic carbocycles. The number of β-amino-alcohol motifs (C(OH)–C–C–N with tert-alkyl or cyclic N) is 2. The largest absolute Gasteiger partial charge is 0.395 e. The Labute approximate surface area is 135 Å². The lowest BCUT2D eigenvalue weighted by Gasteiger charge is -2.43. The van der Waals surface area contributed by atoms with Crippen molar-refractivity contribution < 1.29 is 30.3 Å². The first kappa shape index (κ1) is 18.3. The van der Waals surface area contributed by atoms with Gasteiger partial charge in [-0.05, 0) is 5.56 Å². The lowest BCUT2D eigenvalue weighted by atomic mass is 9.94. The zero-order chi connectivity index (χ0) is 16.8. The number of rotatable bonds is 7. The summed E-state index contributed by atoms with van der Waals surface area (Å²) in [6, 6.07) is 8.84. The van der Waals surface area contributed by atoms with Gasteiger partial charge in [0.15, 0.2) is 0 Å². The summed E-state index contributed by atoms with van der Waals surface area (Å²) in [6.07, 6.45) is -4.51. The fraction of sp³-hybridized carbons (Fsp3) is 0.625. The second-order valence-corrected chi connectivity index (χ2v) is 5.91. The van der Waals surface area contributed by atoms with Crippen molar-refractivity contribution in [2.24, 2.45) is 0 Å². The average Bonchev–Trinajstić information content (AvgIpc) is 2.54. The maximum Gasteiger partial charge on any atom is 0.109 e. The third-order valence-corrected chi connectivity index (χ3v) is 4.08. The van der Waals surface area contributed by atoms with E-state index in [9.17, 15) is 25.5 Å². The minimum atomic E-state index is -1.30. The summed E-state index contributed by atoms with van der Waals surface area (Å²) in [4.78, 5) is 1.57. The fourth-order valence-corrected chi connectivity index (χ4v) is 2.80. The van der Waals surface area contributed by atoms with Gasteiger partial charge >= 0.3 is 0 Å². The molecule has 1 aliphatic heterocycles. The van der Waals surface area contributed by atoms with Crippen molar-refractivity contribution in [3.63, 3.8) is 0 Å². The van der Waals surface area contributed by atoms with Crippen molar-refractivity contribution in [1.82, 2.24) is 4.90 Å². The molecule has 7 heteroatoms. The van der Waals surface area contributed by atoms with Crippen molar-refractivity contribution in [3.8, 4) is 0 Å². The zero-order valence-electron chi connectivity index (χ0n) is 12.9. The molecule has 1 heterocycles. The molecule has 0 saturated carbocycles. The molecule has 0 amide bonds. The van der Waals surface area contributed by atoms with Crippen LogP contribution in [-0.4, -0.2) is 87.2 Å². The minimum Gasteiger partial charge on any atom is -0.395 e. The number of hydrogen-bond acceptors (Lipinski definition) is 7. The molecule has 7 nitrogen and oxygen atoms in total. The lowest BCUT2D eigenvalue weighted by Crippen LogP contribution is -2.63. The van der Waals surface area contributed by atoms with E-state index in [2.05, 4.69) is 0 Å². The molecule has 5 N–H and O–H groups in total. The summed E-state index contributed by atoms with van der Waals surface area (Å²) in [5.41, 5.74) is 1.000. The van der Waals surface area contributed by atoms with Gasteiger partial charge in [0.05, 0.1) is 38.1 Å². The summed E-state index contributed by atoms with van der Waals surface area (Å²) in [6.45, 7) is 0.298. The van der Waals surface area contributed by atoms with Gasteiger partial charge in [-0.3, -0.25) is 4.90 Å². The zero-order valence-corrected chi connectivity index (χ0v) is 12.9. The molecule has 23 heavy (non-hydrogen) atoms. The van der Waals surface area contributed by atoms with Crippen LogP contribution in [0.5, 0.6) is 0 Å². The van der Waals surface area contributed by atoms with Crippen LogP contribution >= 0.6 is 0 Å². The van der Waals surface area contributed by atoms with E-state index in [1.807, 2.05) is 30.3 Å². The highest BCUT2D eigenvalue weighted by Gasteiger charge is 2.41. The molecule has 130 valence electrons. The smallest absolute Gasteiger partial charge is 0.109 e. The van der Waals surface area contributed by atoms with Gasteiger partial charge in [0.25, 0.3) is 0 Å². The predicted octanol–water partition coefficient (Wildman–Crippen LogP) is -1.68. The SMILES string of the molecule is OC[C@@H]1[C@@H](O)[C@H](O)[C@@H](O)CN1CC(O)COCc1ccccc1. The van der Waals surface area contributed by atoms with Crippen molar-refractivity contribution >= 4 is 0 Å². The molecule has 2 rings (SSSR count). The Balaban J connectivity index is 1.80. The van der Waals surface area contributed by atoms with Gasteiger partial charge in [-0.15, -0.1) is 0 Å². The highest BCUT2D eigenvalue weighted by Crippen LogP contribution is 2.19. The molecule has 0 bridgehead atoms. The van der Waals surface area contributed by atoms with Gasteiger partial charge in [-0.25, -0.2) is 0 Å². The average molecular weight is 327 g/mol. The number of benzene rings is 1.